The van der Waals surface area contributed by atoms with Gasteiger partial charge in [-0.1, -0.05) is 74.4 Å². The average molecular weight is 252 g/mol. The summed E-state index contributed by atoms with van der Waals surface area (Å²) in [5.41, 5.74) is 1.17. The third kappa shape index (κ3) is 31.3. The maximum atomic E-state index is 7.26. The van der Waals surface area contributed by atoms with Crippen molar-refractivity contribution in [2.24, 2.45) is 0 Å². The van der Waals surface area contributed by atoms with Crippen molar-refractivity contribution in [2.75, 3.05) is 0 Å². The number of nitriles is 2. The Kier molecular flexibility index (Phi) is 27.5. The Hall–Kier alpha value is -2.84. The van der Waals surface area contributed by atoms with Crippen LogP contribution in [-0.2, 0) is 0 Å². The van der Waals surface area contributed by atoms with Crippen LogP contribution in [-0.4, -0.2) is 0 Å². The van der Waals surface area contributed by atoms with Crippen molar-refractivity contribution in [3.8, 4) is 12.1 Å². The number of hydrogen-bond donors (Lipinski definition) is 0. The van der Waals surface area contributed by atoms with Crippen LogP contribution in [0.25, 0.3) is 6.08 Å². The van der Waals surface area contributed by atoms with Crippen LogP contribution in [0.1, 0.15) is 12.5 Å². The lowest BCUT2D eigenvalue weighted by Crippen LogP contribution is -1.63. The van der Waals surface area contributed by atoms with E-state index in [9.17, 15) is 0 Å². The van der Waals surface area contributed by atoms with Gasteiger partial charge in [0.15, 0.2) is 12.1 Å². The van der Waals surface area contributed by atoms with Crippen LogP contribution < -0.4 is 0 Å². The zero-order valence-corrected chi connectivity index (χ0v) is 11.4. The molecule has 19 heavy (non-hydrogen) atoms. The molecule has 0 heterocycles. The quantitative estimate of drug-likeness (QED) is 0.554. The van der Waals surface area contributed by atoms with E-state index in [-0.39, 0.29) is 0 Å². The first-order valence-corrected chi connectivity index (χ1v) is 5.44. The fourth-order valence-electron chi connectivity index (χ4n) is 0.589. The number of hydrogen-bond acceptors (Lipinski definition) is 2. The summed E-state index contributed by atoms with van der Waals surface area (Å²) in [5, 5.41) is 14.5. The smallest absolute Gasteiger partial charge is 0.181 e. The second-order valence-corrected chi connectivity index (χ2v) is 2.72. The molecule has 0 N–H and O–H groups in total. The molecule has 0 atom stereocenters. The molecular weight excluding hydrogens is 232 g/mol. The fourth-order valence-corrected chi connectivity index (χ4v) is 0.589. The third-order valence-electron chi connectivity index (χ3n) is 1.25. The van der Waals surface area contributed by atoms with Gasteiger partial charge in [-0.3, -0.25) is 0 Å². The van der Waals surface area contributed by atoms with Crippen molar-refractivity contribution in [1.29, 1.82) is 10.5 Å². The molecular formula is C17H20N2. The normalized spacial score (nSPS) is 5.84. The van der Waals surface area contributed by atoms with Gasteiger partial charge in [0.25, 0.3) is 0 Å². The second-order valence-electron chi connectivity index (χ2n) is 2.72. The summed E-state index contributed by atoms with van der Waals surface area (Å²) in [6.45, 7) is 15.6. The summed E-state index contributed by atoms with van der Waals surface area (Å²) in [6.07, 6.45) is 6.86. The lowest BCUT2D eigenvalue weighted by Gasteiger charge is -1.85. The molecule has 0 unspecified atom stereocenters. The molecule has 1 aromatic carbocycles. The van der Waals surface area contributed by atoms with Gasteiger partial charge in [0.1, 0.15) is 0 Å². The molecule has 0 saturated carbocycles. The standard InChI is InChI=1S/C8H8.C4H6.C3H6.C2N2/c1-2-8-6-4-3-5-7-8;1-3-4-2;1-3-2;3-1-2-4/h2-7H,1H2;3-4H,1-2H2;3H,1H2,2H3;. The molecule has 2 nitrogen and oxygen atoms in total. The van der Waals surface area contributed by atoms with E-state index >= 15 is 0 Å². The van der Waals surface area contributed by atoms with Crippen molar-refractivity contribution in [3.63, 3.8) is 0 Å². The molecule has 0 bridgehead atoms. The maximum absolute atomic E-state index is 7.26. The number of benzene rings is 1. The van der Waals surface area contributed by atoms with Crippen LogP contribution in [0.15, 0.2) is 74.9 Å². The van der Waals surface area contributed by atoms with Crippen LogP contribution >= 0.6 is 0 Å². The Morgan fingerprint density at radius 3 is 1.42 bits per heavy atom. The summed E-state index contributed by atoms with van der Waals surface area (Å²) < 4.78 is 0. The third-order valence-corrected chi connectivity index (χ3v) is 1.25. The minimum absolute atomic E-state index is 1.17. The lowest BCUT2D eigenvalue weighted by molar-refractivity contribution is 1.49. The van der Waals surface area contributed by atoms with Gasteiger partial charge in [0.2, 0.25) is 0 Å². The molecule has 0 amide bonds. The topological polar surface area (TPSA) is 47.6 Å². The largest absolute Gasteiger partial charge is 0.181 e. The molecule has 1 rings (SSSR count). The van der Waals surface area contributed by atoms with Gasteiger partial charge in [-0.05, 0) is 12.5 Å². The molecule has 0 saturated heterocycles. The first-order chi connectivity index (χ1) is 9.17. The van der Waals surface area contributed by atoms with Crippen LogP contribution in [0.5, 0.6) is 0 Å². The summed E-state index contributed by atoms with van der Waals surface area (Å²) in [4.78, 5) is 0. The van der Waals surface area contributed by atoms with E-state index < -0.39 is 0 Å². The van der Waals surface area contributed by atoms with E-state index in [0.717, 1.165) is 0 Å². The molecule has 0 aliphatic heterocycles. The number of allylic oxidation sites excluding steroid dienone is 3. The highest BCUT2D eigenvalue weighted by molar-refractivity contribution is 5.45. The molecule has 0 fully saturated rings. The first kappa shape index (κ1) is 21.4. The Balaban J connectivity index is -0.000000200. The Morgan fingerprint density at radius 2 is 1.26 bits per heavy atom. The molecule has 1 aromatic rings. The molecule has 0 radical (unpaired) electrons. The molecule has 0 aromatic heterocycles. The predicted molar refractivity (Wildman–Crippen MR) is 84.0 cm³/mol. The predicted octanol–water partition coefficient (Wildman–Crippen LogP) is 4.91. The second kappa shape index (κ2) is 24.4. The molecule has 98 valence electrons. The van der Waals surface area contributed by atoms with Gasteiger partial charge in [0, 0.05) is 0 Å². The highest BCUT2D eigenvalue weighted by atomic mass is 14.3. The van der Waals surface area contributed by atoms with E-state index in [0.29, 0.717) is 0 Å². The van der Waals surface area contributed by atoms with Crippen LogP contribution in [0.2, 0.25) is 0 Å². The summed E-state index contributed by atoms with van der Waals surface area (Å²) in [6, 6.07) is 12.5. The van der Waals surface area contributed by atoms with E-state index in [1.807, 2.05) is 43.3 Å². The van der Waals surface area contributed by atoms with Gasteiger partial charge < -0.3 is 0 Å². The molecule has 0 spiro atoms. The molecule has 2 heteroatoms. The average Bonchev–Trinajstić information content (AvgIpc) is 2.49. The summed E-state index contributed by atoms with van der Waals surface area (Å²) in [5.74, 6) is 0. The Bertz CT molecular complexity index is 399. The van der Waals surface area contributed by atoms with Gasteiger partial charge in [0.05, 0.1) is 0 Å². The number of nitrogens with zero attached hydrogens (tertiary/aromatic N) is 2. The maximum Gasteiger partial charge on any atom is 0.181 e. The molecule has 0 aliphatic rings. The highest BCUT2D eigenvalue weighted by Crippen LogP contribution is 1.97. The van der Waals surface area contributed by atoms with E-state index in [1.54, 1.807) is 18.2 Å². The zero-order chi connectivity index (χ0) is 15.4. The van der Waals surface area contributed by atoms with E-state index in [4.69, 9.17) is 10.5 Å². The zero-order valence-electron chi connectivity index (χ0n) is 11.4. The van der Waals surface area contributed by atoms with E-state index in [2.05, 4.69) is 26.3 Å². The van der Waals surface area contributed by atoms with E-state index in [1.165, 1.54) is 17.7 Å². The van der Waals surface area contributed by atoms with Crippen LogP contribution in [0, 0.1) is 22.7 Å². The minimum atomic E-state index is 1.17. The van der Waals surface area contributed by atoms with Gasteiger partial charge in [-0.2, -0.15) is 10.5 Å². The first-order valence-electron chi connectivity index (χ1n) is 5.44. The van der Waals surface area contributed by atoms with Crippen molar-refractivity contribution in [2.45, 2.75) is 6.92 Å². The minimum Gasteiger partial charge on any atom is -0.181 e. The van der Waals surface area contributed by atoms with Gasteiger partial charge in [-0.15, -0.1) is 6.58 Å². The van der Waals surface area contributed by atoms with Crippen molar-refractivity contribution >= 4 is 6.08 Å². The Labute approximate surface area is 116 Å². The SMILES string of the molecule is C=CC.C=CC=C.C=Cc1ccccc1.N#CC#N. The summed E-state index contributed by atoms with van der Waals surface area (Å²) >= 11 is 0. The fraction of sp³-hybridized carbons (Fsp3) is 0.0588. The number of rotatable bonds is 2. The highest BCUT2D eigenvalue weighted by Gasteiger charge is 1.75. The van der Waals surface area contributed by atoms with Gasteiger partial charge >= 0.3 is 0 Å². The van der Waals surface area contributed by atoms with Crippen molar-refractivity contribution < 1.29 is 0 Å². The Morgan fingerprint density at radius 1 is 0.895 bits per heavy atom. The monoisotopic (exact) mass is 252 g/mol. The van der Waals surface area contributed by atoms with Crippen molar-refractivity contribution in [1.82, 2.24) is 0 Å². The summed E-state index contributed by atoms with van der Waals surface area (Å²) in [7, 11) is 0. The lowest BCUT2D eigenvalue weighted by atomic mass is 10.2. The van der Waals surface area contributed by atoms with Crippen LogP contribution in [0.3, 0.4) is 0 Å². The van der Waals surface area contributed by atoms with Gasteiger partial charge in [-0.25, -0.2) is 0 Å². The molecule has 0 aliphatic carbocycles. The van der Waals surface area contributed by atoms with Crippen LogP contribution in [0.4, 0.5) is 0 Å². The van der Waals surface area contributed by atoms with Crippen molar-refractivity contribution in [3.05, 3.63) is 80.4 Å².